The number of halogens is 3. The summed E-state index contributed by atoms with van der Waals surface area (Å²) in [5, 5.41) is 18.5. The fourth-order valence-corrected chi connectivity index (χ4v) is 5.53. The van der Waals surface area contributed by atoms with Crippen LogP contribution in [-0.4, -0.2) is 36.0 Å². The first-order chi connectivity index (χ1) is 19.2. The molecule has 0 spiro atoms. The van der Waals surface area contributed by atoms with Gasteiger partial charge in [0.05, 0.1) is 23.5 Å². The van der Waals surface area contributed by atoms with Gasteiger partial charge in [-0.25, -0.2) is 9.18 Å². The van der Waals surface area contributed by atoms with Crippen molar-refractivity contribution in [2.75, 3.05) is 17.2 Å². The lowest BCUT2D eigenvalue weighted by molar-refractivity contribution is -0.121. The number of aryl methyl sites for hydroxylation is 1. The van der Waals surface area contributed by atoms with Gasteiger partial charge in [0.25, 0.3) is 0 Å². The third kappa shape index (κ3) is 8.82. The molecule has 8 nitrogen and oxygen atoms in total. The number of benzene rings is 2. The smallest absolute Gasteiger partial charge is 0.408 e. The van der Waals surface area contributed by atoms with Gasteiger partial charge in [0.15, 0.2) is 5.78 Å². The minimum absolute atomic E-state index is 0.0384. The number of rotatable bonds is 7. The third-order valence-electron chi connectivity index (χ3n) is 6.90. The third-order valence-corrected chi connectivity index (χ3v) is 7.43. The van der Waals surface area contributed by atoms with Gasteiger partial charge in [-0.2, -0.15) is 5.26 Å². The fourth-order valence-electron chi connectivity index (χ4n) is 4.81. The summed E-state index contributed by atoms with van der Waals surface area (Å²) in [7, 11) is 0. The van der Waals surface area contributed by atoms with E-state index in [1.165, 1.54) is 13.0 Å². The minimum Gasteiger partial charge on any atom is -0.444 e. The van der Waals surface area contributed by atoms with Crippen molar-refractivity contribution in [1.82, 2.24) is 5.32 Å². The Morgan fingerprint density at radius 3 is 2.49 bits per heavy atom. The van der Waals surface area contributed by atoms with E-state index >= 15 is 0 Å². The molecule has 0 heterocycles. The lowest BCUT2D eigenvalue weighted by atomic mass is 9.80. The second-order valence-electron chi connectivity index (χ2n) is 11.3. The van der Waals surface area contributed by atoms with Crippen LogP contribution >= 0.6 is 23.2 Å². The van der Waals surface area contributed by atoms with Crippen LogP contribution in [0.15, 0.2) is 24.3 Å². The van der Waals surface area contributed by atoms with Gasteiger partial charge < -0.3 is 20.7 Å². The lowest BCUT2D eigenvalue weighted by Gasteiger charge is -2.26. The van der Waals surface area contributed by atoms with E-state index in [0.717, 1.165) is 23.6 Å². The fraction of sp³-hybridized carbons (Fsp3) is 0.467. The average molecular weight is 606 g/mol. The van der Waals surface area contributed by atoms with Crippen molar-refractivity contribution in [1.29, 1.82) is 5.26 Å². The Kier molecular flexibility index (Phi) is 10.6. The first-order valence-corrected chi connectivity index (χ1v) is 14.2. The number of nitrogens with one attached hydrogen (secondary N) is 3. The summed E-state index contributed by atoms with van der Waals surface area (Å²) < 4.78 is 20.0. The van der Waals surface area contributed by atoms with Crippen LogP contribution in [0, 0.1) is 23.1 Å². The molecule has 2 aromatic rings. The zero-order valence-corrected chi connectivity index (χ0v) is 25.3. The van der Waals surface area contributed by atoms with Gasteiger partial charge >= 0.3 is 6.09 Å². The number of nitriles is 1. The number of ether oxygens (including phenoxy) is 1. The second kappa shape index (κ2) is 13.5. The van der Waals surface area contributed by atoms with Gasteiger partial charge in [-0.05, 0) is 94.7 Å². The molecule has 41 heavy (non-hydrogen) atoms. The summed E-state index contributed by atoms with van der Waals surface area (Å²) in [4.78, 5) is 37.9. The number of anilines is 2. The number of carbonyl (C=O) groups is 3. The van der Waals surface area contributed by atoms with Gasteiger partial charge in [0.1, 0.15) is 23.5 Å². The molecule has 0 fully saturated rings. The van der Waals surface area contributed by atoms with Crippen molar-refractivity contribution in [3.63, 3.8) is 0 Å². The Labute approximate surface area is 249 Å². The predicted molar refractivity (Wildman–Crippen MR) is 158 cm³/mol. The van der Waals surface area contributed by atoms with Crippen molar-refractivity contribution in [3.8, 4) is 6.07 Å². The number of alkyl carbamates (subject to hydrolysis) is 1. The SMILES string of the molecule is CC1CCC(C(=O)CNc2cc(NC(=O)[C@H](C)NC(=O)OC(C)(C)C)c(C#N)cc2F)CCc2cc(Cl)cc(Cl)c21. The number of Topliss-reactive ketones (excluding diaryl/α,β-unsaturated/α-hetero) is 1. The van der Waals surface area contributed by atoms with Crippen LogP contribution < -0.4 is 16.0 Å². The molecule has 2 aromatic carbocycles. The first kappa shape index (κ1) is 32.2. The molecule has 11 heteroatoms. The highest BCUT2D eigenvalue weighted by molar-refractivity contribution is 6.35. The minimum atomic E-state index is -1.00. The molecule has 3 rings (SSSR count). The van der Waals surface area contributed by atoms with Gasteiger partial charge in [-0.1, -0.05) is 30.1 Å². The largest absolute Gasteiger partial charge is 0.444 e. The van der Waals surface area contributed by atoms with Gasteiger partial charge in [-0.15, -0.1) is 0 Å². The van der Waals surface area contributed by atoms with Crippen molar-refractivity contribution >= 4 is 52.4 Å². The second-order valence-corrected chi connectivity index (χ2v) is 12.2. The van der Waals surface area contributed by atoms with Crippen LogP contribution in [0.1, 0.15) is 76.5 Å². The molecule has 3 atom stereocenters. The van der Waals surface area contributed by atoms with Crippen LogP contribution in [0.3, 0.4) is 0 Å². The van der Waals surface area contributed by atoms with Crippen molar-refractivity contribution in [3.05, 3.63) is 56.8 Å². The quantitative estimate of drug-likeness (QED) is 0.313. The molecule has 220 valence electrons. The summed E-state index contributed by atoms with van der Waals surface area (Å²) >= 11 is 12.7. The number of fused-ring (bicyclic) bond motifs is 1. The van der Waals surface area contributed by atoms with Gasteiger partial charge in [0, 0.05) is 16.0 Å². The number of nitrogens with zero attached hydrogens (tertiary/aromatic N) is 1. The summed E-state index contributed by atoms with van der Waals surface area (Å²) in [5.41, 5.74) is 1.26. The number of carbonyl (C=O) groups excluding carboxylic acids is 3. The molecule has 0 saturated heterocycles. The summed E-state index contributed by atoms with van der Waals surface area (Å²) in [6.45, 7) is 8.47. The number of amides is 2. The summed E-state index contributed by atoms with van der Waals surface area (Å²) in [6, 6.07) is 6.73. The van der Waals surface area contributed by atoms with Crippen LogP contribution in [0.5, 0.6) is 0 Å². The van der Waals surface area contributed by atoms with Crippen LogP contribution in [-0.2, 0) is 20.7 Å². The molecule has 0 aliphatic heterocycles. The van der Waals surface area contributed by atoms with Crippen LogP contribution in [0.2, 0.25) is 10.0 Å². The van der Waals surface area contributed by atoms with Crippen molar-refractivity contribution in [2.45, 2.75) is 77.9 Å². The van der Waals surface area contributed by atoms with Crippen molar-refractivity contribution < 1.29 is 23.5 Å². The Hall–Kier alpha value is -3.35. The molecule has 2 amide bonds. The number of ketones is 1. The molecule has 2 unspecified atom stereocenters. The molecule has 0 saturated carbocycles. The van der Waals surface area contributed by atoms with Gasteiger partial charge in [0.2, 0.25) is 5.91 Å². The maximum Gasteiger partial charge on any atom is 0.408 e. The maximum absolute atomic E-state index is 14.8. The van der Waals surface area contributed by atoms with E-state index in [9.17, 15) is 24.0 Å². The molecule has 1 aliphatic carbocycles. The number of hydrogen-bond acceptors (Lipinski definition) is 6. The maximum atomic E-state index is 14.8. The molecule has 1 aliphatic rings. The van der Waals surface area contributed by atoms with Crippen LogP contribution in [0.25, 0.3) is 0 Å². The molecule has 3 N–H and O–H groups in total. The van der Waals surface area contributed by atoms with E-state index in [4.69, 9.17) is 27.9 Å². The van der Waals surface area contributed by atoms with E-state index in [2.05, 4.69) is 22.9 Å². The Morgan fingerprint density at radius 2 is 1.83 bits per heavy atom. The Balaban J connectivity index is 1.67. The highest BCUT2D eigenvalue weighted by Gasteiger charge is 2.26. The van der Waals surface area contributed by atoms with Crippen LogP contribution in [0.4, 0.5) is 20.6 Å². The normalized spacial score (nSPS) is 17.6. The van der Waals surface area contributed by atoms with E-state index in [1.807, 2.05) is 12.1 Å². The zero-order chi connectivity index (χ0) is 30.5. The summed E-state index contributed by atoms with van der Waals surface area (Å²) in [5.74, 6) is -1.52. The highest BCUT2D eigenvalue weighted by atomic mass is 35.5. The predicted octanol–water partition coefficient (Wildman–Crippen LogP) is 6.98. The first-order valence-electron chi connectivity index (χ1n) is 13.5. The van der Waals surface area contributed by atoms with E-state index in [-0.39, 0.29) is 41.1 Å². The average Bonchev–Trinajstić information content (AvgIpc) is 2.85. The molecular weight excluding hydrogens is 570 g/mol. The standard InChI is InChI=1S/C30H35Cl2FN4O4/c1-16-6-7-18(8-9-19-10-21(31)12-22(32)27(16)19)26(38)15-35-25-13-24(20(14-34)11-23(25)33)37-28(39)17(2)36-29(40)41-30(3,4)5/h10-13,16-18,35H,6-9,15H2,1-5H3,(H,36,40)(H,37,39)/t16?,17-,18?/m0/s1. The zero-order valence-electron chi connectivity index (χ0n) is 23.8. The topological polar surface area (TPSA) is 120 Å². The van der Waals surface area contributed by atoms with Gasteiger partial charge in [-0.3, -0.25) is 9.59 Å². The molecule has 0 radical (unpaired) electrons. The summed E-state index contributed by atoms with van der Waals surface area (Å²) in [6.07, 6.45) is 1.91. The van der Waals surface area contributed by atoms with E-state index in [0.29, 0.717) is 29.3 Å². The molecule has 0 bridgehead atoms. The lowest BCUT2D eigenvalue weighted by Crippen LogP contribution is -2.44. The molecular formula is C30H35Cl2FN4O4. The molecule has 0 aromatic heterocycles. The Morgan fingerprint density at radius 1 is 1.12 bits per heavy atom. The van der Waals surface area contributed by atoms with E-state index in [1.54, 1.807) is 26.8 Å². The number of hydrogen-bond donors (Lipinski definition) is 3. The van der Waals surface area contributed by atoms with E-state index < -0.39 is 29.5 Å². The monoisotopic (exact) mass is 604 g/mol. The van der Waals surface area contributed by atoms with Crippen molar-refractivity contribution in [2.24, 2.45) is 5.92 Å². The Bertz CT molecular complexity index is 1370. The highest BCUT2D eigenvalue weighted by Crippen LogP contribution is 2.38.